The molecule has 1 aliphatic carbocycles. The van der Waals surface area contributed by atoms with Gasteiger partial charge in [0.05, 0.1) is 0 Å². The second-order valence-corrected chi connectivity index (χ2v) is 7.84. The smallest absolute Gasteiger partial charge is 0.191 e. The number of nitrogens with zero attached hydrogens (tertiary/aromatic N) is 1. The molecule has 3 nitrogen and oxygen atoms in total. The SMILES string of the molecule is CN=C(NC1CCCSC1)NC1CC1c1ccc(Br)cc1. The number of rotatable bonds is 3. The Morgan fingerprint density at radius 1 is 1.29 bits per heavy atom. The highest BCUT2D eigenvalue weighted by Crippen LogP contribution is 2.41. The molecule has 3 rings (SSSR count). The number of aliphatic imine (C=N–C) groups is 1. The molecule has 3 atom stereocenters. The van der Waals surface area contributed by atoms with Crippen LogP contribution >= 0.6 is 27.7 Å². The normalized spacial score (nSPS) is 29.0. The van der Waals surface area contributed by atoms with Gasteiger partial charge in [-0.3, -0.25) is 4.99 Å². The first-order valence-corrected chi connectivity index (χ1v) is 9.54. The van der Waals surface area contributed by atoms with Crippen molar-refractivity contribution < 1.29 is 0 Å². The topological polar surface area (TPSA) is 36.4 Å². The molecule has 0 radical (unpaired) electrons. The highest BCUT2D eigenvalue weighted by Gasteiger charge is 2.39. The minimum absolute atomic E-state index is 0.522. The molecule has 2 aliphatic rings. The fraction of sp³-hybridized carbons (Fsp3) is 0.562. The van der Waals surface area contributed by atoms with Gasteiger partial charge in [-0.1, -0.05) is 28.1 Å². The average molecular weight is 368 g/mol. The summed E-state index contributed by atoms with van der Waals surface area (Å²) >= 11 is 5.53. The Hall–Kier alpha value is -0.680. The molecular formula is C16H22BrN3S. The van der Waals surface area contributed by atoms with E-state index in [1.54, 1.807) is 0 Å². The molecule has 2 N–H and O–H groups in total. The van der Waals surface area contributed by atoms with Crippen molar-refractivity contribution in [1.29, 1.82) is 0 Å². The number of thioether (sulfide) groups is 1. The summed E-state index contributed by atoms with van der Waals surface area (Å²) in [4.78, 5) is 4.38. The monoisotopic (exact) mass is 367 g/mol. The third kappa shape index (κ3) is 4.16. The van der Waals surface area contributed by atoms with Gasteiger partial charge < -0.3 is 10.6 Å². The van der Waals surface area contributed by atoms with Crippen molar-refractivity contribution in [2.24, 2.45) is 4.99 Å². The third-order valence-corrected chi connectivity index (χ3v) is 5.88. The molecule has 1 aromatic carbocycles. The maximum absolute atomic E-state index is 4.38. The lowest BCUT2D eigenvalue weighted by Gasteiger charge is -2.24. The van der Waals surface area contributed by atoms with Gasteiger partial charge in [0.2, 0.25) is 0 Å². The second kappa shape index (κ2) is 7.05. The highest BCUT2D eigenvalue weighted by molar-refractivity contribution is 9.10. The van der Waals surface area contributed by atoms with Crippen molar-refractivity contribution in [3.63, 3.8) is 0 Å². The molecule has 114 valence electrons. The van der Waals surface area contributed by atoms with Crippen molar-refractivity contribution in [2.75, 3.05) is 18.6 Å². The van der Waals surface area contributed by atoms with Gasteiger partial charge in [-0.2, -0.15) is 11.8 Å². The van der Waals surface area contributed by atoms with E-state index in [1.807, 2.05) is 18.8 Å². The van der Waals surface area contributed by atoms with Gasteiger partial charge in [0.15, 0.2) is 5.96 Å². The summed E-state index contributed by atoms with van der Waals surface area (Å²) in [6, 6.07) is 9.76. The van der Waals surface area contributed by atoms with Crippen LogP contribution < -0.4 is 10.6 Å². The van der Waals surface area contributed by atoms with Gasteiger partial charge in [0.1, 0.15) is 0 Å². The Labute approximate surface area is 139 Å². The second-order valence-electron chi connectivity index (χ2n) is 5.78. The van der Waals surface area contributed by atoms with E-state index < -0.39 is 0 Å². The molecule has 3 unspecified atom stereocenters. The molecule has 1 aromatic rings. The Balaban J connectivity index is 1.50. The maximum atomic E-state index is 4.38. The Morgan fingerprint density at radius 2 is 2.10 bits per heavy atom. The van der Waals surface area contributed by atoms with Crippen LogP contribution in [0.1, 0.15) is 30.7 Å². The fourth-order valence-electron chi connectivity index (χ4n) is 2.83. The number of hydrogen-bond acceptors (Lipinski definition) is 2. The van der Waals surface area contributed by atoms with Crippen molar-refractivity contribution in [3.05, 3.63) is 34.3 Å². The molecule has 0 amide bonds. The van der Waals surface area contributed by atoms with Crippen LogP contribution in [0, 0.1) is 0 Å². The molecule has 1 saturated heterocycles. The molecule has 0 aromatic heterocycles. The van der Waals surface area contributed by atoms with E-state index in [9.17, 15) is 0 Å². The summed E-state index contributed by atoms with van der Waals surface area (Å²) in [5.74, 6) is 4.09. The van der Waals surface area contributed by atoms with Crippen molar-refractivity contribution >= 4 is 33.7 Å². The van der Waals surface area contributed by atoms with E-state index in [4.69, 9.17) is 0 Å². The first kappa shape index (κ1) is 15.2. The zero-order chi connectivity index (χ0) is 14.7. The lowest BCUT2D eigenvalue weighted by Crippen LogP contribution is -2.46. The minimum atomic E-state index is 0.522. The van der Waals surface area contributed by atoms with E-state index >= 15 is 0 Å². The quantitative estimate of drug-likeness (QED) is 0.635. The summed E-state index contributed by atoms with van der Waals surface area (Å²) in [7, 11) is 1.86. The van der Waals surface area contributed by atoms with Gasteiger partial charge in [-0.25, -0.2) is 0 Å². The number of guanidine groups is 1. The molecular weight excluding hydrogens is 346 g/mol. The van der Waals surface area contributed by atoms with Crippen LogP contribution in [0.2, 0.25) is 0 Å². The molecule has 1 saturated carbocycles. The van der Waals surface area contributed by atoms with Crippen LogP contribution in [0.3, 0.4) is 0 Å². The third-order valence-electron chi connectivity index (χ3n) is 4.14. The van der Waals surface area contributed by atoms with E-state index in [0.717, 1.165) is 10.4 Å². The van der Waals surface area contributed by atoms with Gasteiger partial charge >= 0.3 is 0 Å². The van der Waals surface area contributed by atoms with Crippen molar-refractivity contribution in [2.45, 2.75) is 37.3 Å². The van der Waals surface area contributed by atoms with Gasteiger partial charge in [-0.05, 0) is 42.7 Å². The lowest BCUT2D eigenvalue weighted by molar-refractivity contribution is 0.581. The molecule has 2 fully saturated rings. The van der Waals surface area contributed by atoms with Crippen LogP contribution in [-0.4, -0.2) is 36.6 Å². The lowest BCUT2D eigenvalue weighted by atomic mass is 10.1. The Morgan fingerprint density at radius 3 is 2.76 bits per heavy atom. The Kier molecular flexibility index (Phi) is 5.11. The largest absolute Gasteiger partial charge is 0.353 e. The molecule has 1 aliphatic heterocycles. The number of halogens is 1. The van der Waals surface area contributed by atoms with E-state index in [2.05, 4.69) is 55.8 Å². The van der Waals surface area contributed by atoms with Crippen LogP contribution in [0.4, 0.5) is 0 Å². The van der Waals surface area contributed by atoms with Crippen LogP contribution in [0.25, 0.3) is 0 Å². The van der Waals surface area contributed by atoms with E-state index in [0.29, 0.717) is 18.0 Å². The minimum Gasteiger partial charge on any atom is -0.353 e. The summed E-state index contributed by atoms with van der Waals surface area (Å²) in [5.41, 5.74) is 1.42. The van der Waals surface area contributed by atoms with E-state index in [-0.39, 0.29) is 0 Å². The highest BCUT2D eigenvalue weighted by atomic mass is 79.9. The molecule has 21 heavy (non-hydrogen) atoms. The molecule has 0 bridgehead atoms. The summed E-state index contributed by atoms with van der Waals surface area (Å²) < 4.78 is 1.14. The van der Waals surface area contributed by atoms with Crippen LogP contribution in [0.15, 0.2) is 33.7 Å². The summed E-state index contributed by atoms with van der Waals surface area (Å²) in [5, 5.41) is 7.14. The van der Waals surface area contributed by atoms with E-state index in [1.165, 1.54) is 36.3 Å². The number of hydrogen-bond donors (Lipinski definition) is 2. The molecule has 0 spiro atoms. The van der Waals surface area contributed by atoms with Crippen molar-refractivity contribution in [3.8, 4) is 0 Å². The first-order valence-electron chi connectivity index (χ1n) is 7.59. The van der Waals surface area contributed by atoms with Gasteiger partial charge in [0, 0.05) is 35.3 Å². The molecule has 1 heterocycles. The fourth-order valence-corrected chi connectivity index (χ4v) is 4.16. The standard InChI is InChI=1S/C16H22BrN3S/c1-18-16(19-13-3-2-8-21-10-13)20-15-9-14(15)11-4-6-12(17)7-5-11/h4-7,13-15H,2-3,8-10H2,1H3,(H2,18,19,20). The van der Waals surface area contributed by atoms with Crippen LogP contribution in [0.5, 0.6) is 0 Å². The Bertz CT molecular complexity index is 497. The maximum Gasteiger partial charge on any atom is 0.191 e. The average Bonchev–Trinajstić information content (AvgIpc) is 3.27. The van der Waals surface area contributed by atoms with Gasteiger partial charge in [0.25, 0.3) is 0 Å². The van der Waals surface area contributed by atoms with Crippen LogP contribution in [-0.2, 0) is 0 Å². The van der Waals surface area contributed by atoms with Crippen molar-refractivity contribution in [1.82, 2.24) is 10.6 Å². The zero-order valence-corrected chi connectivity index (χ0v) is 14.7. The zero-order valence-electron chi connectivity index (χ0n) is 12.3. The summed E-state index contributed by atoms with van der Waals surface area (Å²) in [6.07, 6.45) is 3.76. The van der Waals surface area contributed by atoms with Gasteiger partial charge in [-0.15, -0.1) is 0 Å². The summed E-state index contributed by atoms with van der Waals surface area (Å²) in [6.45, 7) is 0. The predicted molar refractivity (Wildman–Crippen MR) is 95.3 cm³/mol. The molecule has 5 heteroatoms. The first-order chi connectivity index (χ1) is 10.3. The number of benzene rings is 1. The number of nitrogens with one attached hydrogen (secondary N) is 2. The predicted octanol–water partition coefficient (Wildman–Crippen LogP) is 3.37.